The lowest BCUT2D eigenvalue weighted by atomic mass is 10.0. The number of aromatic nitrogens is 2. The summed E-state index contributed by atoms with van der Waals surface area (Å²) >= 11 is 0. The van der Waals surface area contributed by atoms with Crippen LogP contribution in [0.5, 0.6) is 0 Å². The van der Waals surface area contributed by atoms with Gasteiger partial charge in [0.1, 0.15) is 0 Å². The van der Waals surface area contributed by atoms with E-state index in [4.69, 9.17) is 0 Å². The van der Waals surface area contributed by atoms with E-state index in [1.807, 2.05) is 0 Å². The third kappa shape index (κ3) is 2.41. The van der Waals surface area contributed by atoms with Crippen molar-refractivity contribution in [3.63, 3.8) is 0 Å². The highest BCUT2D eigenvalue weighted by Gasteiger charge is 2.19. The Kier molecular flexibility index (Phi) is 3.22. The van der Waals surface area contributed by atoms with Crippen molar-refractivity contribution in [1.29, 1.82) is 0 Å². The van der Waals surface area contributed by atoms with Gasteiger partial charge in [0.25, 0.3) is 0 Å². The molecule has 4 heteroatoms. The van der Waals surface area contributed by atoms with Crippen LogP contribution < -0.4 is 10.2 Å². The molecule has 1 aromatic heterocycles. The molecule has 17 heavy (non-hydrogen) atoms. The van der Waals surface area contributed by atoms with Crippen LogP contribution >= 0.6 is 0 Å². The summed E-state index contributed by atoms with van der Waals surface area (Å²) in [6.45, 7) is 4.17. The Balaban J connectivity index is 1.70. The number of nitrogens with one attached hydrogen (secondary N) is 1. The molecule has 3 rings (SSSR count). The van der Waals surface area contributed by atoms with Crippen LogP contribution in [0.3, 0.4) is 0 Å². The summed E-state index contributed by atoms with van der Waals surface area (Å²) < 4.78 is 0. The summed E-state index contributed by atoms with van der Waals surface area (Å²) in [6, 6.07) is 4.33. The lowest BCUT2D eigenvalue weighted by Crippen LogP contribution is -2.44. The van der Waals surface area contributed by atoms with Crippen molar-refractivity contribution in [3.05, 3.63) is 17.8 Å². The van der Waals surface area contributed by atoms with Gasteiger partial charge >= 0.3 is 0 Å². The number of piperazine rings is 1. The van der Waals surface area contributed by atoms with Crippen LogP contribution in [-0.4, -0.2) is 36.4 Å². The third-order valence-corrected chi connectivity index (χ3v) is 3.89. The maximum absolute atomic E-state index is 4.42. The van der Waals surface area contributed by atoms with Gasteiger partial charge in [-0.05, 0) is 25.0 Å². The van der Waals surface area contributed by atoms with Crippen LogP contribution in [0.15, 0.2) is 12.1 Å². The van der Waals surface area contributed by atoms with Crippen LogP contribution in [-0.2, 0) is 0 Å². The van der Waals surface area contributed by atoms with Gasteiger partial charge in [-0.25, -0.2) is 0 Å². The third-order valence-electron chi connectivity index (χ3n) is 3.89. The molecular weight excluding hydrogens is 212 g/mol. The predicted molar refractivity (Wildman–Crippen MR) is 68.3 cm³/mol. The molecule has 2 aliphatic rings. The number of nitrogens with zero attached hydrogens (tertiary/aromatic N) is 3. The van der Waals surface area contributed by atoms with E-state index >= 15 is 0 Å². The maximum Gasteiger partial charge on any atom is 0.151 e. The van der Waals surface area contributed by atoms with Gasteiger partial charge in [-0.15, -0.1) is 5.10 Å². The molecule has 2 heterocycles. The van der Waals surface area contributed by atoms with Gasteiger partial charge in [-0.2, -0.15) is 5.10 Å². The fourth-order valence-corrected chi connectivity index (χ4v) is 2.84. The monoisotopic (exact) mass is 232 g/mol. The Morgan fingerprint density at radius 2 is 1.82 bits per heavy atom. The van der Waals surface area contributed by atoms with Gasteiger partial charge in [-0.3, -0.25) is 0 Å². The van der Waals surface area contributed by atoms with Crippen molar-refractivity contribution in [2.24, 2.45) is 0 Å². The molecule has 0 unspecified atom stereocenters. The minimum absolute atomic E-state index is 0.666. The van der Waals surface area contributed by atoms with Crippen LogP contribution in [0, 0.1) is 0 Å². The van der Waals surface area contributed by atoms with Crippen LogP contribution in [0.25, 0.3) is 0 Å². The predicted octanol–water partition coefficient (Wildman–Crippen LogP) is 1.54. The van der Waals surface area contributed by atoms with Crippen LogP contribution in [0.4, 0.5) is 5.82 Å². The Morgan fingerprint density at radius 3 is 2.47 bits per heavy atom. The highest BCUT2D eigenvalue weighted by atomic mass is 15.3. The Bertz CT molecular complexity index is 350. The summed E-state index contributed by atoms with van der Waals surface area (Å²) in [5, 5.41) is 12.2. The zero-order chi connectivity index (χ0) is 11.5. The molecule has 1 saturated heterocycles. The van der Waals surface area contributed by atoms with Gasteiger partial charge in [0.05, 0.1) is 5.69 Å². The van der Waals surface area contributed by atoms with Gasteiger partial charge in [0.15, 0.2) is 5.82 Å². The van der Waals surface area contributed by atoms with Gasteiger partial charge in [-0.1, -0.05) is 12.8 Å². The molecule has 0 aromatic carbocycles. The summed E-state index contributed by atoms with van der Waals surface area (Å²) in [5.41, 5.74) is 1.20. The number of hydrogen-bond acceptors (Lipinski definition) is 4. The van der Waals surface area contributed by atoms with Gasteiger partial charge < -0.3 is 10.2 Å². The number of rotatable bonds is 2. The van der Waals surface area contributed by atoms with Crippen LogP contribution in [0.2, 0.25) is 0 Å². The molecule has 1 aliphatic carbocycles. The van der Waals surface area contributed by atoms with E-state index in [1.165, 1.54) is 31.4 Å². The highest BCUT2D eigenvalue weighted by molar-refractivity contribution is 5.38. The normalized spacial score (nSPS) is 22.0. The average molecular weight is 232 g/mol. The summed E-state index contributed by atoms with van der Waals surface area (Å²) in [5.74, 6) is 1.70. The van der Waals surface area contributed by atoms with Gasteiger partial charge in [0.2, 0.25) is 0 Å². The minimum atomic E-state index is 0.666. The molecule has 0 spiro atoms. The summed E-state index contributed by atoms with van der Waals surface area (Å²) in [4.78, 5) is 2.31. The van der Waals surface area contributed by atoms with Crippen molar-refractivity contribution < 1.29 is 0 Å². The molecule has 0 amide bonds. The Morgan fingerprint density at radius 1 is 1.06 bits per heavy atom. The lowest BCUT2D eigenvalue weighted by molar-refractivity contribution is 0.580. The first kappa shape index (κ1) is 11.0. The first-order valence-corrected chi connectivity index (χ1v) is 6.73. The molecule has 0 radical (unpaired) electrons. The molecule has 4 nitrogen and oxygen atoms in total. The lowest BCUT2D eigenvalue weighted by Gasteiger charge is -2.28. The SMILES string of the molecule is c1cc(N2CCNCC2)nnc1C1CCCC1. The van der Waals surface area contributed by atoms with Crippen molar-refractivity contribution in [1.82, 2.24) is 15.5 Å². The number of hydrogen-bond donors (Lipinski definition) is 1. The largest absolute Gasteiger partial charge is 0.353 e. The second kappa shape index (κ2) is 5.00. The molecule has 0 bridgehead atoms. The van der Waals surface area contributed by atoms with E-state index < -0.39 is 0 Å². The topological polar surface area (TPSA) is 41.0 Å². The summed E-state index contributed by atoms with van der Waals surface area (Å²) in [7, 11) is 0. The molecule has 92 valence electrons. The average Bonchev–Trinajstić information content (AvgIpc) is 2.94. The first-order valence-electron chi connectivity index (χ1n) is 6.73. The molecule has 1 saturated carbocycles. The standard InChI is InChI=1S/C13H20N4/c1-2-4-11(3-1)12-5-6-13(16-15-12)17-9-7-14-8-10-17/h5-6,11,14H,1-4,7-10H2. The van der Waals surface area contributed by atoms with Gasteiger partial charge in [0, 0.05) is 32.1 Å². The van der Waals surface area contributed by atoms with Crippen molar-refractivity contribution in [2.45, 2.75) is 31.6 Å². The quantitative estimate of drug-likeness (QED) is 0.840. The fraction of sp³-hybridized carbons (Fsp3) is 0.692. The maximum atomic E-state index is 4.42. The second-order valence-corrected chi connectivity index (χ2v) is 5.03. The van der Waals surface area contributed by atoms with Crippen molar-refractivity contribution >= 4 is 5.82 Å². The summed E-state index contributed by atoms with van der Waals surface area (Å²) in [6.07, 6.45) is 5.29. The minimum Gasteiger partial charge on any atom is -0.353 e. The van der Waals surface area contributed by atoms with E-state index in [1.54, 1.807) is 0 Å². The number of anilines is 1. The van der Waals surface area contributed by atoms with E-state index in [-0.39, 0.29) is 0 Å². The first-order chi connectivity index (χ1) is 8.43. The molecule has 0 atom stereocenters. The molecule has 1 N–H and O–H groups in total. The van der Waals surface area contributed by atoms with E-state index in [9.17, 15) is 0 Å². The van der Waals surface area contributed by atoms with E-state index in [0.29, 0.717) is 5.92 Å². The zero-order valence-corrected chi connectivity index (χ0v) is 10.2. The molecule has 1 aromatic rings. The zero-order valence-electron chi connectivity index (χ0n) is 10.2. The van der Waals surface area contributed by atoms with E-state index in [2.05, 4.69) is 32.5 Å². The Labute approximate surface area is 102 Å². The molecular formula is C13H20N4. The fourth-order valence-electron chi connectivity index (χ4n) is 2.84. The smallest absolute Gasteiger partial charge is 0.151 e. The molecule has 2 fully saturated rings. The van der Waals surface area contributed by atoms with Crippen LogP contribution in [0.1, 0.15) is 37.3 Å². The van der Waals surface area contributed by atoms with E-state index in [0.717, 1.165) is 32.0 Å². The van der Waals surface area contributed by atoms with Crippen molar-refractivity contribution in [2.75, 3.05) is 31.1 Å². The Hall–Kier alpha value is -1.16. The van der Waals surface area contributed by atoms with Crippen molar-refractivity contribution in [3.8, 4) is 0 Å². The molecule has 1 aliphatic heterocycles. The second-order valence-electron chi connectivity index (χ2n) is 5.03. The highest BCUT2D eigenvalue weighted by Crippen LogP contribution is 2.32.